The lowest BCUT2D eigenvalue weighted by molar-refractivity contribution is -0.105. The molecule has 3 rings (SSSR count). The van der Waals surface area contributed by atoms with Gasteiger partial charge in [0.2, 0.25) is 0 Å². The molecule has 102 valence electrons. The van der Waals surface area contributed by atoms with Crippen LogP contribution in [-0.4, -0.2) is 12.0 Å². The summed E-state index contributed by atoms with van der Waals surface area (Å²) in [4.78, 5) is 11.0. The number of aldehydes is 1. The highest BCUT2D eigenvalue weighted by molar-refractivity contribution is 6.08. The summed E-state index contributed by atoms with van der Waals surface area (Å²) in [5, 5.41) is 5.90. The van der Waals surface area contributed by atoms with Gasteiger partial charge in [-0.25, -0.2) is 13.8 Å². The van der Waals surface area contributed by atoms with Crippen molar-refractivity contribution in [3.8, 4) is 0 Å². The molecule has 0 atom stereocenters. The maximum atomic E-state index is 13.3. The van der Waals surface area contributed by atoms with E-state index in [4.69, 9.17) is 0 Å². The van der Waals surface area contributed by atoms with Gasteiger partial charge in [-0.2, -0.15) is 5.10 Å². The molecule has 0 amide bonds. The second-order valence-corrected chi connectivity index (χ2v) is 4.72. The summed E-state index contributed by atoms with van der Waals surface area (Å²) in [6, 6.07) is 3.63. The molecule has 1 aliphatic carbocycles. The molecule has 20 heavy (non-hydrogen) atoms. The molecule has 1 aromatic carbocycles. The number of fused-ring (bicyclic) bond motifs is 1. The molecule has 0 spiro atoms. The van der Waals surface area contributed by atoms with E-state index in [1.54, 1.807) is 12.3 Å². The zero-order chi connectivity index (χ0) is 14.1. The fourth-order valence-corrected chi connectivity index (χ4v) is 2.41. The lowest BCUT2D eigenvalue weighted by Gasteiger charge is -2.25. The summed E-state index contributed by atoms with van der Waals surface area (Å²) in [6.07, 6.45) is 6.72. The molecule has 5 heteroatoms. The number of anilines is 1. The van der Waals surface area contributed by atoms with Crippen LogP contribution < -0.4 is 5.01 Å². The second kappa shape index (κ2) is 5.00. The molecule has 3 nitrogen and oxygen atoms in total. The summed E-state index contributed by atoms with van der Waals surface area (Å²) in [5.41, 5.74) is 2.86. The Morgan fingerprint density at radius 2 is 2.05 bits per heavy atom. The largest absolute Gasteiger partial charge is 0.298 e. The van der Waals surface area contributed by atoms with E-state index in [9.17, 15) is 13.6 Å². The Hall–Kier alpha value is -2.30. The van der Waals surface area contributed by atoms with Crippen LogP contribution in [0.15, 0.2) is 46.7 Å². The third-order valence-electron chi connectivity index (χ3n) is 3.44. The van der Waals surface area contributed by atoms with Crippen LogP contribution in [0.3, 0.4) is 0 Å². The van der Waals surface area contributed by atoms with E-state index >= 15 is 0 Å². The standard InChI is InChI=1S/C15H12F2N2O/c16-13-5-4-11(8-14(13)17)19-7-6-12-10(9-20)2-1-3-15(12)18-19/h4-9H,1-3H2. The molecular weight excluding hydrogens is 262 g/mol. The van der Waals surface area contributed by atoms with Crippen LogP contribution in [0.25, 0.3) is 0 Å². The van der Waals surface area contributed by atoms with Gasteiger partial charge in [0.25, 0.3) is 0 Å². The Bertz CT molecular complexity index is 662. The summed E-state index contributed by atoms with van der Waals surface area (Å²) in [6.45, 7) is 0. The number of hydrogen-bond acceptors (Lipinski definition) is 3. The number of carbonyl (C=O) groups is 1. The van der Waals surface area contributed by atoms with E-state index in [-0.39, 0.29) is 0 Å². The maximum absolute atomic E-state index is 13.3. The molecule has 1 aromatic rings. The van der Waals surface area contributed by atoms with Crippen LogP contribution in [0, 0.1) is 11.6 Å². The predicted molar refractivity (Wildman–Crippen MR) is 72.4 cm³/mol. The Balaban J connectivity index is 1.97. The maximum Gasteiger partial charge on any atom is 0.160 e. The second-order valence-electron chi connectivity index (χ2n) is 4.72. The summed E-state index contributed by atoms with van der Waals surface area (Å²) in [7, 11) is 0. The van der Waals surface area contributed by atoms with E-state index in [0.717, 1.165) is 54.5 Å². The molecule has 0 N–H and O–H groups in total. The molecule has 0 saturated carbocycles. The highest BCUT2D eigenvalue weighted by atomic mass is 19.2. The third kappa shape index (κ3) is 2.15. The first-order valence-corrected chi connectivity index (χ1v) is 6.37. The predicted octanol–water partition coefficient (Wildman–Crippen LogP) is 3.33. The third-order valence-corrected chi connectivity index (χ3v) is 3.44. The van der Waals surface area contributed by atoms with Gasteiger partial charge in [-0.05, 0) is 37.5 Å². The van der Waals surface area contributed by atoms with E-state index in [1.165, 1.54) is 11.1 Å². The molecular formula is C15H12F2N2O. The Morgan fingerprint density at radius 3 is 2.80 bits per heavy atom. The fourth-order valence-electron chi connectivity index (χ4n) is 2.41. The van der Waals surface area contributed by atoms with Crippen LogP contribution >= 0.6 is 0 Å². The summed E-state index contributed by atoms with van der Waals surface area (Å²) < 4.78 is 26.2. The van der Waals surface area contributed by atoms with Gasteiger partial charge >= 0.3 is 0 Å². The van der Waals surface area contributed by atoms with Crippen molar-refractivity contribution in [3.05, 3.63) is 53.3 Å². The quantitative estimate of drug-likeness (QED) is 0.775. The van der Waals surface area contributed by atoms with Gasteiger partial charge in [-0.15, -0.1) is 0 Å². The van der Waals surface area contributed by atoms with Gasteiger partial charge in [0.15, 0.2) is 11.6 Å². The molecule has 2 aliphatic rings. The average molecular weight is 274 g/mol. The van der Waals surface area contributed by atoms with Crippen molar-refractivity contribution in [3.63, 3.8) is 0 Å². The fraction of sp³-hybridized carbons (Fsp3) is 0.200. The highest BCUT2D eigenvalue weighted by Gasteiger charge is 2.21. The molecule has 0 saturated heterocycles. The minimum absolute atomic E-state index is 0.449. The van der Waals surface area contributed by atoms with Crippen LogP contribution in [0.4, 0.5) is 14.5 Å². The molecule has 0 bridgehead atoms. The van der Waals surface area contributed by atoms with Gasteiger partial charge in [0, 0.05) is 23.4 Å². The number of benzene rings is 1. The van der Waals surface area contributed by atoms with E-state index in [2.05, 4.69) is 5.10 Å². The minimum Gasteiger partial charge on any atom is -0.298 e. The smallest absolute Gasteiger partial charge is 0.160 e. The number of hydrazone groups is 1. The van der Waals surface area contributed by atoms with Crippen LogP contribution in [0.1, 0.15) is 19.3 Å². The van der Waals surface area contributed by atoms with Gasteiger partial charge in [-0.3, -0.25) is 4.79 Å². The average Bonchev–Trinajstić information content (AvgIpc) is 2.48. The Morgan fingerprint density at radius 1 is 1.20 bits per heavy atom. The first-order valence-electron chi connectivity index (χ1n) is 6.37. The normalized spacial score (nSPS) is 17.9. The van der Waals surface area contributed by atoms with Crippen molar-refractivity contribution < 1.29 is 13.6 Å². The zero-order valence-electron chi connectivity index (χ0n) is 10.6. The van der Waals surface area contributed by atoms with Crippen molar-refractivity contribution in [2.75, 3.05) is 5.01 Å². The molecule has 0 unspecified atom stereocenters. The molecule has 1 heterocycles. The number of nitrogens with zero attached hydrogens (tertiary/aromatic N) is 2. The van der Waals surface area contributed by atoms with Crippen LogP contribution in [0.2, 0.25) is 0 Å². The van der Waals surface area contributed by atoms with Crippen molar-refractivity contribution >= 4 is 17.7 Å². The van der Waals surface area contributed by atoms with Gasteiger partial charge in [0.1, 0.15) is 6.29 Å². The van der Waals surface area contributed by atoms with Crippen molar-refractivity contribution in [1.82, 2.24) is 0 Å². The van der Waals surface area contributed by atoms with Gasteiger partial charge in [0.05, 0.1) is 11.4 Å². The SMILES string of the molecule is O=CC1=C2C=CN(c3ccc(F)c(F)c3)N=C2CCC1. The van der Waals surface area contributed by atoms with Crippen molar-refractivity contribution in [1.29, 1.82) is 0 Å². The lowest BCUT2D eigenvalue weighted by Crippen LogP contribution is -2.21. The zero-order valence-corrected chi connectivity index (χ0v) is 10.6. The molecule has 1 aliphatic heterocycles. The number of rotatable bonds is 2. The van der Waals surface area contributed by atoms with E-state index in [1.807, 2.05) is 0 Å². The molecule has 0 fully saturated rings. The van der Waals surface area contributed by atoms with Gasteiger partial charge < -0.3 is 0 Å². The summed E-state index contributed by atoms with van der Waals surface area (Å²) >= 11 is 0. The first kappa shape index (κ1) is 12.7. The Kier molecular flexibility index (Phi) is 3.18. The Labute approximate surface area is 114 Å². The van der Waals surface area contributed by atoms with Crippen LogP contribution in [-0.2, 0) is 4.79 Å². The molecule has 0 aromatic heterocycles. The lowest BCUT2D eigenvalue weighted by atomic mass is 9.90. The highest BCUT2D eigenvalue weighted by Crippen LogP contribution is 2.28. The number of carbonyl (C=O) groups excluding carboxylic acids is 1. The van der Waals surface area contributed by atoms with Crippen molar-refractivity contribution in [2.24, 2.45) is 5.10 Å². The number of allylic oxidation sites excluding steroid dienone is 3. The first-order chi connectivity index (χ1) is 9.69. The van der Waals surface area contributed by atoms with Gasteiger partial charge in [-0.1, -0.05) is 0 Å². The summed E-state index contributed by atoms with van der Waals surface area (Å²) in [5.74, 6) is -1.79. The topological polar surface area (TPSA) is 32.7 Å². The number of halogens is 2. The van der Waals surface area contributed by atoms with Crippen LogP contribution in [0.5, 0.6) is 0 Å². The molecule has 0 radical (unpaired) electrons. The van der Waals surface area contributed by atoms with E-state index < -0.39 is 11.6 Å². The minimum atomic E-state index is -0.908. The van der Waals surface area contributed by atoms with Crippen molar-refractivity contribution in [2.45, 2.75) is 19.3 Å². The number of hydrogen-bond donors (Lipinski definition) is 0. The monoisotopic (exact) mass is 274 g/mol. The van der Waals surface area contributed by atoms with E-state index in [0.29, 0.717) is 5.69 Å².